The second kappa shape index (κ2) is 7.84. The molecule has 36 heavy (non-hydrogen) atoms. The Morgan fingerprint density at radius 3 is 2.72 bits per heavy atom. The summed E-state index contributed by atoms with van der Waals surface area (Å²) in [5, 5.41) is 6.81. The Balaban J connectivity index is 1.50. The van der Waals surface area contributed by atoms with Crippen molar-refractivity contribution in [3.05, 3.63) is 51.9 Å². The summed E-state index contributed by atoms with van der Waals surface area (Å²) in [6, 6.07) is 5.89. The van der Waals surface area contributed by atoms with Crippen LogP contribution in [-0.2, 0) is 10.3 Å². The number of halogens is 2. The molecule has 0 spiro atoms. The lowest BCUT2D eigenvalue weighted by Gasteiger charge is -2.36. The van der Waals surface area contributed by atoms with Gasteiger partial charge in [0.25, 0.3) is 5.91 Å². The topological polar surface area (TPSA) is 155 Å². The van der Waals surface area contributed by atoms with Gasteiger partial charge in [0.05, 0.1) is 15.6 Å². The van der Waals surface area contributed by atoms with Gasteiger partial charge in [-0.25, -0.2) is 0 Å². The Kier molecular flexibility index (Phi) is 5.03. The number of carbonyl (C=O) groups excluding carboxylic acids is 2. The number of carbonyl (C=O) groups is 2. The number of ether oxygens (including phenoxy) is 2. The van der Waals surface area contributed by atoms with Crippen molar-refractivity contribution in [2.24, 2.45) is 11.5 Å². The van der Waals surface area contributed by atoms with Crippen molar-refractivity contribution in [2.75, 3.05) is 18.8 Å². The summed E-state index contributed by atoms with van der Waals surface area (Å²) in [6.07, 6.45) is -2.04. The lowest BCUT2D eigenvalue weighted by molar-refractivity contribution is -0.286. The van der Waals surface area contributed by atoms with E-state index in [1.807, 2.05) is 0 Å². The fraction of sp³-hybridized carbons (Fsp3) is 0.333. The van der Waals surface area contributed by atoms with E-state index in [0.29, 0.717) is 38.3 Å². The van der Waals surface area contributed by atoms with Gasteiger partial charge in [0.1, 0.15) is 5.54 Å². The molecule has 3 unspecified atom stereocenters. The summed E-state index contributed by atoms with van der Waals surface area (Å²) in [5.41, 5.74) is 19.1. The molecule has 12 heteroatoms. The molecule has 2 aliphatic heterocycles. The first-order chi connectivity index (χ1) is 17.1. The highest BCUT2D eigenvalue weighted by atomic mass is 32.1. The lowest BCUT2D eigenvalue weighted by Crippen LogP contribution is -2.52. The van der Waals surface area contributed by atoms with Gasteiger partial charge in [0, 0.05) is 29.2 Å². The number of alkyl halides is 2. The average Bonchev–Trinajstić information content (AvgIpc) is 3.39. The van der Waals surface area contributed by atoms with Crippen molar-refractivity contribution in [3.8, 4) is 11.5 Å². The third-order valence-electron chi connectivity index (χ3n) is 7.01. The molecule has 0 saturated carbocycles. The Labute approximate surface area is 207 Å². The van der Waals surface area contributed by atoms with Crippen molar-refractivity contribution in [1.29, 1.82) is 0 Å². The standard InChI is InChI=1S/C24H23F2N5O4S/c25-24(26)34-14-6-3-10(8-15(14)35-24)23(29)12-4-5-13(27)19-16(12)17(18(28)21(23)32)20(36-19)22(33)31-11-2-1-7-30-9-11/h3-6,8,11,18,30H,1-2,7,9,27-29H2,(H,31,33). The fourth-order valence-electron chi connectivity index (χ4n) is 5.27. The van der Waals surface area contributed by atoms with E-state index in [4.69, 9.17) is 17.2 Å². The van der Waals surface area contributed by atoms with E-state index in [0.717, 1.165) is 30.7 Å². The molecule has 2 aromatic carbocycles. The minimum Gasteiger partial charge on any atom is -0.398 e. The number of thiophene rings is 1. The van der Waals surface area contributed by atoms with Gasteiger partial charge in [-0.15, -0.1) is 20.1 Å². The summed E-state index contributed by atoms with van der Waals surface area (Å²) in [4.78, 5) is 27.4. The van der Waals surface area contributed by atoms with Crippen LogP contribution in [-0.4, -0.2) is 37.1 Å². The maximum atomic E-state index is 13.8. The SMILES string of the molecule is Nc1ccc2c3c(c(C(=O)NC4CCCNC4)sc13)C(N)C(=O)C2(N)c1ccc2c(c1)OC(F)(F)O2. The van der Waals surface area contributed by atoms with Crippen LogP contribution in [0, 0.1) is 0 Å². The second-order valence-electron chi connectivity index (χ2n) is 9.25. The molecule has 1 saturated heterocycles. The lowest BCUT2D eigenvalue weighted by atomic mass is 9.70. The monoisotopic (exact) mass is 515 g/mol. The molecule has 1 fully saturated rings. The first kappa shape index (κ1) is 23.1. The molecule has 1 aliphatic carbocycles. The third-order valence-corrected chi connectivity index (χ3v) is 8.26. The number of Topliss-reactive ketones (excluding diaryl/α,β-unsaturated/α-hetero) is 1. The van der Waals surface area contributed by atoms with Crippen LogP contribution >= 0.6 is 11.3 Å². The highest BCUT2D eigenvalue weighted by Crippen LogP contribution is 2.51. The molecular formula is C24H23F2N5O4S. The Morgan fingerprint density at radius 2 is 1.97 bits per heavy atom. The molecule has 8 N–H and O–H groups in total. The summed E-state index contributed by atoms with van der Waals surface area (Å²) in [6.45, 7) is 1.55. The smallest absolute Gasteiger partial charge is 0.398 e. The molecule has 3 atom stereocenters. The Bertz CT molecular complexity index is 1440. The summed E-state index contributed by atoms with van der Waals surface area (Å²) >= 11 is 1.16. The maximum Gasteiger partial charge on any atom is 0.586 e. The maximum absolute atomic E-state index is 13.8. The number of benzene rings is 2. The molecule has 1 amide bonds. The number of nitrogen functional groups attached to an aromatic ring is 1. The molecular weight excluding hydrogens is 492 g/mol. The number of amides is 1. The van der Waals surface area contributed by atoms with Crippen LogP contribution in [0.3, 0.4) is 0 Å². The number of nitrogens with two attached hydrogens (primary N) is 3. The minimum absolute atomic E-state index is 0.0450. The van der Waals surface area contributed by atoms with Gasteiger partial charge >= 0.3 is 6.29 Å². The fourth-order valence-corrected chi connectivity index (χ4v) is 6.47. The normalized spacial score (nSPS) is 26.3. The first-order valence-corrected chi connectivity index (χ1v) is 12.3. The minimum atomic E-state index is -3.82. The van der Waals surface area contributed by atoms with Gasteiger partial charge in [-0.1, -0.05) is 12.1 Å². The largest absolute Gasteiger partial charge is 0.586 e. The first-order valence-electron chi connectivity index (χ1n) is 11.5. The molecule has 9 nitrogen and oxygen atoms in total. The van der Waals surface area contributed by atoms with E-state index in [1.54, 1.807) is 12.1 Å². The van der Waals surface area contributed by atoms with Crippen LogP contribution in [0.2, 0.25) is 0 Å². The quantitative estimate of drug-likeness (QED) is 0.332. The van der Waals surface area contributed by atoms with Crippen molar-refractivity contribution < 1.29 is 27.8 Å². The molecule has 6 rings (SSSR count). The number of rotatable bonds is 3. The van der Waals surface area contributed by atoms with E-state index in [9.17, 15) is 18.4 Å². The summed E-state index contributed by atoms with van der Waals surface area (Å²) < 4.78 is 36.8. The Morgan fingerprint density at radius 1 is 1.19 bits per heavy atom. The highest BCUT2D eigenvalue weighted by molar-refractivity contribution is 7.21. The van der Waals surface area contributed by atoms with Gasteiger partial charge in [-0.3, -0.25) is 9.59 Å². The van der Waals surface area contributed by atoms with E-state index in [-0.39, 0.29) is 29.0 Å². The van der Waals surface area contributed by atoms with Crippen molar-refractivity contribution in [2.45, 2.75) is 36.8 Å². The van der Waals surface area contributed by atoms with Crippen molar-refractivity contribution in [3.63, 3.8) is 0 Å². The van der Waals surface area contributed by atoms with Gasteiger partial charge in [-0.05, 0) is 48.7 Å². The van der Waals surface area contributed by atoms with Gasteiger partial charge < -0.3 is 37.3 Å². The molecule has 3 heterocycles. The van der Waals surface area contributed by atoms with Crippen LogP contribution in [0.5, 0.6) is 11.5 Å². The average molecular weight is 516 g/mol. The van der Waals surface area contributed by atoms with E-state index in [1.165, 1.54) is 18.2 Å². The highest BCUT2D eigenvalue weighted by Gasteiger charge is 2.50. The zero-order chi connectivity index (χ0) is 25.4. The van der Waals surface area contributed by atoms with Crippen LogP contribution in [0.25, 0.3) is 10.1 Å². The van der Waals surface area contributed by atoms with E-state index < -0.39 is 23.7 Å². The van der Waals surface area contributed by atoms with Gasteiger partial charge in [0.15, 0.2) is 17.3 Å². The number of nitrogens with one attached hydrogen (secondary N) is 2. The van der Waals surface area contributed by atoms with Crippen LogP contribution in [0.1, 0.15) is 45.2 Å². The number of hydrogen-bond donors (Lipinski definition) is 5. The second-order valence-corrected chi connectivity index (χ2v) is 10.3. The number of anilines is 1. The zero-order valence-corrected chi connectivity index (χ0v) is 19.7. The van der Waals surface area contributed by atoms with E-state index in [2.05, 4.69) is 20.1 Å². The molecule has 0 radical (unpaired) electrons. The van der Waals surface area contributed by atoms with Crippen molar-refractivity contribution in [1.82, 2.24) is 10.6 Å². The summed E-state index contributed by atoms with van der Waals surface area (Å²) in [7, 11) is 0. The van der Waals surface area contributed by atoms with E-state index >= 15 is 0 Å². The molecule has 3 aliphatic rings. The molecule has 3 aromatic rings. The predicted molar refractivity (Wildman–Crippen MR) is 129 cm³/mol. The van der Waals surface area contributed by atoms with Crippen molar-refractivity contribution >= 4 is 38.8 Å². The predicted octanol–water partition coefficient (Wildman–Crippen LogP) is 2.07. The zero-order valence-electron chi connectivity index (χ0n) is 18.9. The molecule has 0 bridgehead atoms. The number of fused-ring (bicyclic) bond motifs is 1. The van der Waals surface area contributed by atoms with Gasteiger partial charge in [-0.2, -0.15) is 0 Å². The number of piperidine rings is 1. The van der Waals surface area contributed by atoms with Crippen LogP contribution in [0.15, 0.2) is 30.3 Å². The third kappa shape index (κ3) is 3.29. The summed E-state index contributed by atoms with van der Waals surface area (Å²) in [5.74, 6) is -1.33. The van der Waals surface area contributed by atoms with Crippen LogP contribution < -0.4 is 37.3 Å². The Hall–Kier alpha value is -3.32. The molecule has 188 valence electrons. The number of ketones is 1. The number of hydrogen-bond acceptors (Lipinski definition) is 9. The van der Waals surface area contributed by atoms with Crippen LogP contribution in [0.4, 0.5) is 14.5 Å². The van der Waals surface area contributed by atoms with Gasteiger partial charge in [0.2, 0.25) is 0 Å². The molecule has 1 aromatic heterocycles.